The van der Waals surface area contributed by atoms with E-state index in [1.807, 2.05) is 24.3 Å². The predicted molar refractivity (Wildman–Crippen MR) is 77.4 cm³/mol. The minimum absolute atomic E-state index is 0.0196. The lowest BCUT2D eigenvalue weighted by molar-refractivity contribution is 0.581. The van der Waals surface area contributed by atoms with Crippen molar-refractivity contribution in [3.8, 4) is 0 Å². The number of rotatable bonds is 4. The fraction of sp³-hybridized carbons (Fsp3) is 0.0833. The number of benzene rings is 1. The lowest BCUT2D eigenvalue weighted by Gasteiger charge is -2.07. The molecule has 4 nitrogen and oxygen atoms in total. The minimum atomic E-state index is -3.66. The monoisotopic (exact) mass is 360 g/mol. The highest BCUT2D eigenvalue weighted by Crippen LogP contribution is 2.19. The average molecular weight is 362 g/mol. The molecule has 0 saturated carbocycles. The molecule has 0 atom stereocenters. The largest absolute Gasteiger partial charge is 0.263 e. The molecule has 0 radical (unpaired) electrons. The van der Waals surface area contributed by atoms with Gasteiger partial charge in [0.2, 0.25) is 10.0 Å². The number of pyridine rings is 1. The van der Waals surface area contributed by atoms with Crippen LogP contribution in [0, 0.1) is 0 Å². The van der Waals surface area contributed by atoms with Crippen molar-refractivity contribution in [2.45, 2.75) is 11.4 Å². The second-order valence-electron chi connectivity index (χ2n) is 3.76. The maximum atomic E-state index is 12.0. The number of nitrogens with one attached hydrogen (secondary N) is 1. The highest BCUT2D eigenvalue weighted by atomic mass is 79.9. The van der Waals surface area contributed by atoms with Gasteiger partial charge in [0.25, 0.3) is 0 Å². The van der Waals surface area contributed by atoms with E-state index in [4.69, 9.17) is 11.6 Å². The molecule has 2 rings (SSSR count). The molecule has 1 heterocycles. The minimum Gasteiger partial charge on any atom is -0.263 e. The maximum Gasteiger partial charge on any atom is 0.243 e. The van der Waals surface area contributed by atoms with Crippen LogP contribution in [0.5, 0.6) is 0 Å². The van der Waals surface area contributed by atoms with Gasteiger partial charge in [0.15, 0.2) is 0 Å². The molecule has 0 amide bonds. The molecule has 19 heavy (non-hydrogen) atoms. The summed E-state index contributed by atoms with van der Waals surface area (Å²) in [5, 5.41) is 0.151. The van der Waals surface area contributed by atoms with Crippen molar-refractivity contribution in [1.82, 2.24) is 9.71 Å². The molecule has 0 saturated heterocycles. The molecule has 0 bridgehead atoms. The number of sulfonamides is 1. The van der Waals surface area contributed by atoms with Gasteiger partial charge in [0.1, 0.15) is 4.90 Å². The van der Waals surface area contributed by atoms with Crippen molar-refractivity contribution in [1.29, 1.82) is 0 Å². The SMILES string of the molecule is O=S(=O)(NCc1ccc(Br)cc1)c1cnccc1Cl. The summed E-state index contributed by atoms with van der Waals surface area (Å²) in [5.74, 6) is 0. The second-order valence-corrected chi connectivity index (χ2v) is 6.82. The maximum absolute atomic E-state index is 12.0. The Balaban J connectivity index is 2.14. The number of hydrogen-bond acceptors (Lipinski definition) is 3. The molecule has 1 N–H and O–H groups in total. The zero-order chi connectivity index (χ0) is 13.9. The van der Waals surface area contributed by atoms with Crippen molar-refractivity contribution in [3.63, 3.8) is 0 Å². The summed E-state index contributed by atoms with van der Waals surface area (Å²) in [6.45, 7) is 0.195. The molecule has 0 aliphatic rings. The van der Waals surface area contributed by atoms with E-state index in [1.165, 1.54) is 18.5 Å². The van der Waals surface area contributed by atoms with Crippen LogP contribution in [0.2, 0.25) is 5.02 Å². The Bertz CT molecular complexity index is 674. The van der Waals surface area contributed by atoms with Gasteiger partial charge in [0.05, 0.1) is 5.02 Å². The molecule has 0 spiro atoms. The summed E-state index contributed by atoms with van der Waals surface area (Å²) in [7, 11) is -3.66. The quantitative estimate of drug-likeness (QED) is 0.911. The normalized spacial score (nSPS) is 11.5. The fourth-order valence-electron chi connectivity index (χ4n) is 1.42. The highest BCUT2D eigenvalue weighted by Gasteiger charge is 2.17. The smallest absolute Gasteiger partial charge is 0.243 e. The van der Waals surface area contributed by atoms with Crippen molar-refractivity contribution in [2.24, 2.45) is 0 Å². The van der Waals surface area contributed by atoms with Gasteiger partial charge < -0.3 is 0 Å². The molecular weight excluding hydrogens is 352 g/mol. The van der Waals surface area contributed by atoms with Gasteiger partial charge in [-0.15, -0.1) is 0 Å². The Labute approximate surface area is 125 Å². The van der Waals surface area contributed by atoms with Crippen LogP contribution in [0.3, 0.4) is 0 Å². The number of hydrogen-bond donors (Lipinski definition) is 1. The molecule has 0 unspecified atom stereocenters. The molecule has 1 aromatic carbocycles. The van der Waals surface area contributed by atoms with Crippen LogP contribution in [-0.4, -0.2) is 13.4 Å². The van der Waals surface area contributed by atoms with Crippen molar-refractivity contribution >= 4 is 37.6 Å². The number of nitrogens with zero attached hydrogens (tertiary/aromatic N) is 1. The van der Waals surface area contributed by atoms with Crippen molar-refractivity contribution < 1.29 is 8.42 Å². The molecule has 0 aliphatic carbocycles. The first-order valence-corrected chi connectivity index (χ1v) is 7.98. The zero-order valence-corrected chi connectivity index (χ0v) is 12.8. The first kappa shape index (κ1) is 14.5. The van der Waals surface area contributed by atoms with Crippen LogP contribution in [0.25, 0.3) is 0 Å². The Hall–Kier alpha value is -0.950. The Morgan fingerprint density at radius 3 is 2.53 bits per heavy atom. The van der Waals surface area contributed by atoms with E-state index >= 15 is 0 Å². The summed E-state index contributed by atoms with van der Waals surface area (Å²) in [6, 6.07) is 8.80. The van der Waals surface area contributed by atoms with Crippen LogP contribution >= 0.6 is 27.5 Å². The first-order valence-electron chi connectivity index (χ1n) is 5.33. The third kappa shape index (κ3) is 3.76. The van der Waals surface area contributed by atoms with Crippen LogP contribution in [0.4, 0.5) is 0 Å². The standard InChI is InChI=1S/C12H10BrClN2O2S/c13-10-3-1-9(2-4-10)7-16-19(17,18)12-8-15-6-5-11(12)14/h1-6,8,16H,7H2. The van der Waals surface area contributed by atoms with E-state index in [9.17, 15) is 8.42 Å². The zero-order valence-electron chi connectivity index (χ0n) is 9.68. The summed E-state index contributed by atoms with van der Waals surface area (Å²) < 4.78 is 27.5. The average Bonchev–Trinajstić information content (AvgIpc) is 2.38. The molecular formula is C12H10BrClN2O2S. The summed E-state index contributed by atoms with van der Waals surface area (Å²) in [5.41, 5.74) is 0.854. The number of aromatic nitrogens is 1. The number of halogens is 2. The van der Waals surface area contributed by atoms with E-state index < -0.39 is 10.0 Å². The molecule has 100 valence electrons. The summed E-state index contributed by atoms with van der Waals surface area (Å²) >= 11 is 9.16. The van der Waals surface area contributed by atoms with Gasteiger partial charge in [-0.3, -0.25) is 4.98 Å². The van der Waals surface area contributed by atoms with Crippen molar-refractivity contribution in [2.75, 3.05) is 0 Å². The molecule has 2 aromatic rings. The van der Waals surface area contributed by atoms with Gasteiger partial charge in [-0.05, 0) is 23.8 Å². The third-order valence-corrected chi connectivity index (χ3v) is 4.80. The van der Waals surface area contributed by atoms with Crippen molar-refractivity contribution in [3.05, 3.63) is 57.8 Å². The first-order chi connectivity index (χ1) is 8.99. The predicted octanol–water partition coefficient (Wildman–Crippen LogP) is 2.98. The summed E-state index contributed by atoms with van der Waals surface area (Å²) in [4.78, 5) is 3.75. The Kier molecular flexibility index (Phi) is 4.57. The summed E-state index contributed by atoms with van der Waals surface area (Å²) in [6.07, 6.45) is 2.67. The molecule has 0 fully saturated rings. The van der Waals surface area contributed by atoms with E-state index in [0.717, 1.165) is 10.0 Å². The van der Waals surface area contributed by atoms with Gasteiger partial charge in [-0.25, -0.2) is 13.1 Å². The highest BCUT2D eigenvalue weighted by molar-refractivity contribution is 9.10. The molecule has 1 aromatic heterocycles. The fourth-order valence-corrected chi connectivity index (χ4v) is 3.13. The van der Waals surface area contributed by atoms with E-state index in [0.29, 0.717) is 0 Å². The lowest BCUT2D eigenvalue weighted by atomic mass is 10.2. The van der Waals surface area contributed by atoms with Gasteiger partial charge in [-0.2, -0.15) is 0 Å². The lowest BCUT2D eigenvalue weighted by Crippen LogP contribution is -2.23. The van der Waals surface area contributed by atoms with E-state index in [1.54, 1.807) is 0 Å². The van der Waals surface area contributed by atoms with Crippen LogP contribution in [-0.2, 0) is 16.6 Å². The molecule has 0 aliphatic heterocycles. The van der Waals surface area contributed by atoms with Crippen LogP contribution in [0.1, 0.15) is 5.56 Å². The topological polar surface area (TPSA) is 59.1 Å². The van der Waals surface area contributed by atoms with E-state index in [-0.39, 0.29) is 16.5 Å². The Morgan fingerprint density at radius 2 is 1.89 bits per heavy atom. The van der Waals surface area contributed by atoms with Gasteiger partial charge >= 0.3 is 0 Å². The third-order valence-electron chi connectivity index (χ3n) is 2.40. The van der Waals surface area contributed by atoms with Crippen LogP contribution in [0.15, 0.2) is 52.1 Å². The molecule has 7 heteroatoms. The van der Waals surface area contributed by atoms with Gasteiger partial charge in [-0.1, -0.05) is 39.7 Å². The van der Waals surface area contributed by atoms with E-state index in [2.05, 4.69) is 25.6 Å². The van der Waals surface area contributed by atoms with Gasteiger partial charge in [0, 0.05) is 23.4 Å². The second kappa shape index (κ2) is 6.00. The van der Waals surface area contributed by atoms with Crippen LogP contribution < -0.4 is 4.72 Å². The Morgan fingerprint density at radius 1 is 1.21 bits per heavy atom.